The molecule has 0 aliphatic carbocycles. The summed E-state index contributed by atoms with van der Waals surface area (Å²) in [5.41, 5.74) is 1.09. The molecule has 8 heteroatoms. The summed E-state index contributed by atoms with van der Waals surface area (Å²) in [6.07, 6.45) is 0. The lowest BCUT2D eigenvalue weighted by molar-refractivity contribution is 0.0697. The second kappa shape index (κ2) is 5.66. The lowest BCUT2D eigenvalue weighted by Crippen LogP contribution is -2.24. The topological polar surface area (TPSA) is 110 Å². The van der Waals surface area contributed by atoms with E-state index in [-0.39, 0.29) is 22.8 Å². The van der Waals surface area contributed by atoms with E-state index in [1.165, 1.54) is 19.1 Å². The third-order valence-electron chi connectivity index (χ3n) is 2.90. The highest BCUT2D eigenvalue weighted by atomic mass is 32.2. The quantitative estimate of drug-likeness (QED) is 0.865. The van der Waals surface area contributed by atoms with E-state index in [9.17, 15) is 13.2 Å². The molecule has 2 N–H and O–H groups in total. The highest BCUT2D eigenvalue weighted by Gasteiger charge is 2.23. The molecule has 0 radical (unpaired) electrons. The highest BCUT2D eigenvalue weighted by molar-refractivity contribution is 7.89. The van der Waals surface area contributed by atoms with Gasteiger partial charge in [0.25, 0.3) is 0 Å². The molecule has 112 valence electrons. The van der Waals surface area contributed by atoms with Crippen LogP contribution in [0.3, 0.4) is 0 Å². The van der Waals surface area contributed by atoms with Crippen LogP contribution >= 0.6 is 0 Å². The van der Waals surface area contributed by atoms with Crippen molar-refractivity contribution in [3.05, 3.63) is 46.8 Å². The Hall–Kier alpha value is -2.19. The van der Waals surface area contributed by atoms with E-state index in [1.54, 1.807) is 19.1 Å². The van der Waals surface area contributed by atoms with E-state index in [2.05, 4.69) is 9.88 Å². The fraction of sp³-hybridized carbons (Fsp3) is 0.231. The Kier molecular flexibility index (Phi) is 4.10. The minimum absolute atomic E-state index is 0.0321. The van der Waals surface area contributed by atoms with Gasteiger partial charge < -0.3 is 9.63 Å². The number of carbonyl (C=O) groups is 1. The molecule has 7 nitrogen and oxygen atoms in total. The van der Waals surface area contributed by atoms with Crippen molar-refractivity contribution in [1.29, 1.82) is 0 Å². The van der Waals surface area contributed by atoms with E-state index >= 15 is 0 Å². The van der Waals surface area contributed by atoms with Crippen molar-refractivity contribution in [3.63, 3.8) is 0 Å². The van der Waals surface area contributed by atoms with Crippen LogP contribution in [0, 0.1) is 13.8 Å². The van der Waals surface area contributed by atoms with Crippen molar-refractivity contribution >= 4 is 16.0 Å². The van der Waals surface area contributed by atoms with Crippen molar-refractivity contribution in [2.45, 2.75) is 25.3 Å². The van der Waals surface area contributed by atoms with Crippen molar-refractivity contribution in [2.75, 3.05) is 0 Å². The van der Waals surface area contributed by atoms with Crippen molar-refractivity contribution in [3.8, 4) is 0 Å². The lowest BCUT2D eigenvalue weighted by Gasteiger charge is -2.06. The summed E-state index contributed by atoms with van der Waals surface area (Å²) < 4.78 is 31.6. The molecule has 0 saturated heterocycles. The molecule has 0 unspecified atom stereocenters. The Morgan fingerprint density at radius 1 is 1.29 bits per heavy atom. The first-order chi connectivity index (χ1) is 9.81. The van der Waals surface area contributed by atoms with Crippen molar-refractivity contribution < 1.29 is 22.8 Å². The summed E-state index contributed by atoms with van der Waals surface area (Å²) in [5.74, 6) is -0.806. The molecule has 1 aromatic carbocycles. The first kappa shape index (κ1) is 15.2. The van der Waals surface area contributed by atoms with Crippen LogP contribution in [-0.4, -0.2) is 24.7 Å². The normalized spacial score (nSPS) is 11.5. The molecule has 2 aromatic rings. The zero-order chi connectivity index (χ0) is 15.6. The molecule has 0 aliphatic heterocycles. The monoisotopic (exact) mass is 310 g/mol. The van der Waals surface area contributed by atoms with Gasteiger partial charge in [0.1, 0.15) is 10.6 Å². The number of aromatic nitrogens is 1. The van der Waals surface area contributed by atoms with Crippen LogP contribution in [0.5, 0.6) is 0 Å². The zero-order valence-corrected chi connectivity index (χ0v) is 12.3. The van der Waals surface area contributed by atoms with Gasteiger partial charge in [0.05, 0.1) is 5.56 Å². The average Bonchev–Trinajstić information content (AvgIpc) is 2.77. The molecule has 0 atom stereocenters. The molecule has 0 fully saturated rings. The molecule has 0 amide bonds. The Morgan fingerprint density at radius 3 is 2.38 bits per heavy atom. The summed E-state index contributed by atoms with van der Waals surface area (Å²) in [5, 5.41) is 12.4. The Labute approximate surface area is 121 Å². The molecule has 0 saturated carbocycles. The standard InChI is InChI=1S/C13H14N2O5S/c1-8-12(9(2)20-15-8)21(18,19)14-7-10-3-5-11(6-4-10)13(16)17/h3-6,14H,7H2,1-2H3,(H,16,17). The molecule has 0 aliphatic rings. The second-order valence-electron chi connectivity index (χ2n) is 4.48. The third-order valence-corrected chi connectivity index (χ3v) is 4.55. The molecule has 1 aromatic heterocycles. The van der Waals surface area contributed by atoms with Gasteiger partial charge in [-0.1, -0.05) is 17.3 Å². The molecule has 1 heterocycles. The number of aromatic carboxylic acids is 1. The van der Waals surface area contributed by atoms with Crippen LogP contribution in [0.1, 0.15) is 27.4 Å². The van der Waals surface area contributed by atoms with Crippen LogP contribution in [0.4, 0.5) is 0 Å². The number of carboxylic acids is 1. The number of sulfonamides is 1. The number of benzene rings is 1. The largest absolute Gasteiger partial charge is 0.478 e. The minimum atomic E-state index is -3.73. The van der Waals surface area contributed by atoms with Crippen LogP contribution < -0.4 is 4.72 Å². The lowest BCUT2D eigenvalue weighted by atomic mass is 10.1. The van der Waals surface area contributed by atoms with Crippen molar-refractivity contribution in [1.82, 2.24) is 9.88 Å². The number of carboxylic acid groups (broad SMARTS) is 1. The molecule has 2 rings (SSSR count). The molecule has 0 bridgehead atoms. The predicted molar refractivity (Wildman–Crippen MR) is 73.4 cm³/mol. The van der Waals surface area contributed by atoms with E-state index in [1.807, 2.05) is 0 Å². The Morgan fingerprint density at radius 2 is 1.90 bits per heavy atom. The van der Waals surface area contributed by atoms with Crippen LogP contribution in [0.2, 0.25) is 0 Å². The maximum absolute atomic E-state index is 12.2. The SMILES string of the molecule is Cc1noc(C)c1S(=O)(=O)NCc1ccc(C(=O)O)cc1. The number of aryl methyl sites for hydroxylation is 2. The van der Waals surface area contributed by atoms with Gasteiger partial charge in [0.2, 0.25) is 10.0 Å². The van der Waals surface area contributed by atoms with Gasteiger partial charge in [0.15, 0.2) is 5.76 Å². The second-order valence-corrected chi connectivity index (χ2v) is 6.18. The first-order valence-corrected chi connectivity index (χ1v) is 7.54. The van der Waals surface area contributed by atoms with E-state index < -0.39 is 16.0 Å². The number of nitrogens with one attached hydrogen (secondary N) is 1. The predicted octanol–water partition coefficient (Wildman–Crippen LogP) is 1.47. The van der Waals surface area contributed by atoms with Crippen LogP contribution in [0.15, 0.2) is 33.7 Å². The summed E-state index contributed by atoms with van der Waals surface area (Å²) >= 11 is 0. The van der Waals surface area contributed by atoms with Gasteiger partial charge in [-0.3, -0.25) is 0 Å². The van der Waals surface area contributed by atoms with E-state index in [0.29, 0.717) is 11.3 Å². The first-order valence-electron chi connectivity index (χ1n) is 6.06. The average molecular weight is 310 g/mol. The molecule has 21 heavy (non-hydrogen) atoms. The Bertz CT molecular complexity index is 743. The van der Waals surface area contributed by atoms with E-state index in [0.717, 1.165) is 0 Å². The van der Waals surface area contributed by atoms with Crippen LogP contribution in [-0.2, 0) is 16.6 Å². The number of nitrogens with zero attached hydrogens (tertiary/aromatic N) is 1. The van der Waals surface area contributed by atoms with Gasteiger partial charge in [0, 0.05) is 6.54 Å². The van der Waals surface area contributed by atoms with Crippen LogP contribution in [0.25, 0.3) is 0 Å². The maximum atomic E-state index is 12.2. The maximum Gasteiger partial charge on any atom is 0.335 e. The summed E-state index contributed by atoms with van der Waals surface area (Å²) in [6.45, 7) is 3.12. The number of hydrogen-bond acceptors (Lipinski definition) is 5. The smallest absolute Gasteiger partial charge is 0.335 e. The third kappa shape index (κ3) is 3.29. The van der Waals surface area contributed by atoms with Gasteiger partial charge in [-0.25, -0.2) is 17.9 Å². The number of hydrogen-bond donors (Lipinski definition) is 2. The Balaban J connectivity index is 2.14. The summed E-state index contributed by atoms with van der Waals surface area (Å²) in [7, 11) is -3.73. The highest BCUT2D eigenvalue weighted by Crippen LogP contribution is 2.18. The number of rotatable bonds is 5. The zero-order valence-electron chi connectivity index (χ0n) is 11.5. The summed E-state index contributed by atoms with van der Waals surface area (Å²) in [4.78, 5) is 10.8. The minimum Gasteiger partial charge on any atom is -0.478 e. The fourth-order valence-electron chi connectivity index (χ4n) is 1.87. The van der Waals surface area contributed by atoms with E-state index in [4.69, 9.17) is 9.63 Å². The van der Waals surface area contributed by atoms with Gasteiger partial charge in [-0.05, 0) is 31.5 Å². The molecular weight excluding hydrogens is 296 g/mol. The van der Waals surface area contributed by atoms with Gasteiger partial charge >= 0.3 is 5.97 Å². The summed E-state index contributed by atoms with van der Waals surface area (Å²) in [6, 6.07) is 5.95. The van der Waals surface area contributed by atoms with Gasteiger partial charge in [-0.2, -0.15) is 0 Å². The van der Waals surface area contributed by atoms with Crippen molar-refractivity contribution in [2.24, 2.45) is 0 Å². The molecular formula is C13H14N2O5S. The van der Waals surface area contributed by atoms with Gasteiger partial charge in [-0.15, -0.1) is 0 Å². The fourth-order valence-corrected chi connectivity index (χ4v) is 3.22. The molecule has 0 spiro atoms.